The van der Waals surface area contributed by atoms with Crippen molar-refractivity contribution in [3.8, 4) is 16.9 Å². The molecule has 36 heavy (non-hydrogen) atoms. The molecule has 2 unspecified atom stereocenters. The van der Waals surface area contributed by atoms with Gasteiger partial charge in [0, 0.05) is 28.2 Å². The topological polar surface area (TPSA) is 63.7 Å². The van der Waals surface area contributed by atoms with Crippen molar-refractivity contribution >= 4 is 38.9 Å². The van der Waals surface area contributed by atoms with Crippen LogP contribution in [0.15, 0.2) is 60.7 Å². The predicted octanol–water partition coefficient (Wildman–Crippen LogP) is 6.26. The van der Waals surface area contributed by atoms with E-state index in [0.29, 0.717) is 22.2 Å². The number of hydrogen-bond donors (Lipinski definition) is 0. The summed E-state index contributed by atoms with van der Waals surface area (Å²) in [6.07, 6.45) is -0.342. The van der Waals surface area contributed by atoms with Gasteiger partial charge in [0.25, 0.3) is 5.91 Å². The number of aryl methyl sites for hydroxylation is 2. The summed E-state index contributed by atoms with van der Waals surface area (Å²) in [6.45, 7) is 6.00. The molecule has 190 valence electrons. The number of carbonyl (C=O) groups excluding carboxylic acids is 1. The molecule has 4 rings (SSSR count). The molecule has 5 nitrogen and oxygen atoms in total. The van der Waals surface area contributed by atoms with Gasteiger partial charge >= 0.3 is 0 Å². The highest BCUT2D eigenvalue weighted by molar-refractivity contribution is 7.91. The molecule has 1 aliphatic heterocycles. The number of halogens is 2. The van der Waals surface area contributed by atoms with Gasteiger partial charge in [0.1, 0.15) is 5.75 Å². The maximum Gasteiger partial charge on any atom is 0.263 e. The monoisotopic (exact) mass is 545 g/mol. The second kappa shape index (κ2) is 10.8. The van der Waals surface area contributed by atoms with Crippen molar-refractivity contribution in [3.63, 3.8) is 0 Å². The lowest BCUT2D eigenvalue weighted by atomic mass is 10.0. The summed E-state index contributed by atoms with van der Waals surface area (Å²) in [4.78, 5) is 15.2. The van der Waals surface area contributed by atoms with E-state index in [4.69, 9.17) is 27.9 Å². The van der Waals surface area contributed by atoms with Gasteiger partial charge in [-0.2, -0.15) is 0 Å². The molecular weight excluding hydrogens is 517 g/mol. The zero-order valence-corrected chi connectivity index (χ0v) is 22.8. The summed E-state index contributed by atoms with van der Waals surface area (Å²) in [7, 11) is -3.17. The first-order valence-electron chi connectivity index (χ1n) is 11.8. The average Bonchev–Trinajstić information content (AvgIpc) is 3.19. The molecule has 0 radical (unpaired) electrons. The second-order valence-corrected chi connectivity index (χ2v) is 12.4. The molecule has 0 saturated carbocycles. The summed E-state index contributed by atoms with van der Waals surface area (Å²) >= 11 is 12.4. The van der Waals surface area contributed by atoms with Gasteiger partial charge in [-0.1, -0.05) is 59.6 Å². The Kier molecular flexibility index (Phi) is 7.98. The number of carbonyl (C=O) groups is 1. The fraction of sp³-hybridized carbons (Fsp3) is 0.321. The van der Waals surface area contributed by atoms with E-state index in [1.807, 2.05) is 62.4 Å². The van der Waals surface area contributed by atoms with Crippen molar-refractivity contribution in [1.29, 1.82) is 0 Å². The van der Waals surface area contributed by atoms with Gasteiger partial charge in [-0.15, -0.1) is 0 Å². The number of nitrogens with zero attached hydrogens (tertiary/aromatic N) is 1. The number of benzene rings is 3. The van der Waals surface area contributed by atoms with Gasteiger partial charge in [-0.25, -0.2) is 8.42 Å². The third-order valence-electron chi connectivity index (χ3n) is 6.62. The maximum absolute atomic E-state index is 13.5. The van der Waals surface area contributed by atoms with E-state index in [1.165, 1.54) is 0 Å². The van der Waals surface area contributed by atoms with Crippen LogP contribution in [0.5, 0.6) is 5.75 Å². The molecule has 0 N–H and O–H groups in total. The summed E-state index contributed by atoms with van der Waals surface area (Å²) in [6, 6.07) is 18.4. The molecule has 0 bridgehead atoms. The summed E-state index contributed by atoms with van der Waals surface area (Å²) in [5, 5.41) is 1.12. The normalized spacial score (nSPS) is 17.5. The van der Waals surface area contributed by atoms with Crippen molar-refractivity contribution < 1.29 is 17.9 Å². The van der Waals surface area contributed by atoms with Crippen LogP contribution in [0.1, 0.15) is 30.0 Å². The molecule has 0 aliphatic carbocycles. The third-order valence-corrected chi connectivity index (χ3v) is 8.92. The van der Waals surface area contributed by atoms with Crippen molar-refractivity contribution in [3.05, 3.63) is 87.4 Å². The lowest BCUT2D eigenvalue weighted by Gasteiger charge is -2.31. The predicted molar refractivity (Wildman–Crippen MR) is 146 cm³/mol. The van der Waals surface area contributed by atoms with Crippen molar-refractivity contribution in [2.75, 3.05) is 11.5 Å². The van der Waals surface area contributed by atoms with Crippen molar-refractivity contribution in [1.82, 2.24) is 4.90 Å². The van der Waals surface area contributed by atoms with Crippen LogP contribution in [0.25, 0.3) is 11.1 Å². The van der Waals surface area contributed by atoms with Gasteiger partial charge in [0.2, 0.25) is 0 Å². The minimum absolute atomic E-state index is 0.0342. The molecule has 1 fully saturated rings. The SMILES string of the molecule is Cc1ccc(OC(C)C(=O)N(Cc2ccc(-c3ccc(Cl)cc3Cl)cc2)C2CCS(=O)(=O)C2)cc1C. The van der Waals surface area contributed by atoms with Crippen LogP contribution in [-0.4, -0.2) is 42.9 Å². The molecular formula is C28H29Cl2NO4S. The van der Waals surface area contributed by atoms with Crippen LogP contribution in [-0.2, 0) is 21.2 Å². The van der Waals surface area contributed by atoms with Crippen LogP contribution in [0.2, 0.25) is 10.0 Å². The fourth-order valence-electron chi connectivity index (χ4n) is 4.39. The van der Waals surface area contributed by atoms with E-state index >= 15 is 0 Å². The third kappa shape index (κ3) is 6.23. The Balaban J connectivity index is 1.55. The fourth-order valence-corrected chi connectivity index (χ4v) is 6.64. The van der Waals surface area contributed by atoms with Crippen LogP contribution < -0.4 is 4.74 Å². The Bertz CT molecular complexity index is 1370. The largest absolute Gasteiger partial charge is 0.481 e. The maximum atomic E-state index is 13.5. The molecule has 3 aromatic carbocycles. The standard InChI is InChI=1S/C28H29Cl2NO4S/c1-18-4-10-25(14-19(18)2)35-20(3)28(32)31(24-12-13-36(33,34)17-24)16-21-5-7-22(8-6-21)26-11-9-23(29)15-27(26)30/h4-11,14-15,20,24H,12-13,16-17H2,1-3H3. The molecule has 0 spiro atoms. The summed E-state index contributed by atoms with van der Waals surface area (Å²) in [5.41, 5.74) is 4.89. The van der Waals surface area contributed by atoms with E-state index < -0.39 is 22.0 Å². The second-order valence-electron chi connectivity index (χ2n) is 9.35. The van der Waals surface area contributed by atoms with E-state index in [2.05, 4.69) is 0 Å². The van der Waals surface area contributed by atoms with Gasteiger partial charge in [-0.3, -0.25) is 4.79 Å². The van der Waals surface area contributed by atoms with E-state index in [9.17, 15) is 13.2 Å². The Morgan fingerprint density at radius 1 is 1.03 bits per heavy atom. The lowest BCUT2D eigenvalue weighted by molar-refractivity contribution is -0.140. The van der Waals surface area contributed by atoms with Gasteiger partial charge < -0.3 is 9.64 Å². The van der Waals surface area contributed by atoms with Crippen LogP contribution in [0, 0.1) is 13.8 Å². The van der Waals surface area contributed by atoms with E-state index in [1.54, 1.807) is 24.0 Å². The highest BCUT2D eigenvalue weighted by Crippen LogP contribution is 2.31. The number of rotatable bonds is 7. The number of amides is 1. The average molecular weight is 547 g/mol. The molecule has 2 atom stereocenters. The van der Waals surface area contributed by atoms with Gasteiger partial charge in [0.15, 0.2) is 15.9 Å². The van der Waals surface area contributed by atoms with Crippen molar-refractivity contribution in [2.24, 2.45) is 0 Å². The molecule has 1 heterocycles. The Morgan fingerprint density at radius 2 is 1.75 bits per heavy atom. The smallest absolute Gasteiger partial charge is 0.263 e. The van der Waals surface area contributed by atoms with Gasteiger partial charge in [0.05, 0.1) is 11.5 Å². The first-order chi connectivity index (χ1) is 17.0. The summed E-state index contributed by atoms with van der Waals surface area (Å²) < 4.78 is 30.4. The molecule has 1 saturated heterocycles. The Morgan fingerprint density at radius 3 is 2.36 bits per heavy atom. The number of sulfone groups is 1. The molecule has 3 aromatic rings. The first-order valence-corrected chi connectivity index (χ1v) is 14.4. The minimum atomic E-state index is -3.17. The zero-order valence-electron chi connectivity index (χ0n) is 20.5. The van der Waals surface area contributed by atoms with Gasteiger partial charge in [-0.05, 0) is 73.7 Å². The molecule has 0 aromatic heterocycles. The van der Waals surface area contributed by atoms with Crippen LogP contribution >= 0.6 is 23.2 Å². The van der Waals surface area contributed by atoms with E-state index in [-0.39, 0.29) is 24.0 Å². The number of hydrogen-bond acceptors (Lipinski definition) is 4. The molecule has 1 aliphatic rings. The minimum Gasteiger partial charge on any atom is -0.481 e. The Labute approximate surface area is 222 Å². The summed E-state index contributed by atoms with van der Waals surface area (Å²) in [5.74, 6) is 0.428. The van der Waals surface area contributed by atoms with Crippen LogP contribution in [0.3, 0.4) is 0 Å². The Hall–Kier alpha value is -2.54. The number of ether oxygens (including phenoxy) is 1. The quantitative estimate of drug-likeness (QED) is 0.351. The molecule has 1 amide bonds. The highest BCUT2D eigenvalue weighted by atomic mass is 35.5. The first kappa shape index (κ1) is 26.5. The van der Waals surface area contributed by atoms with Crippen molar-refractivity contribution in [2.45, 2.75) is 45.9 Å². The molecule has 8 heteroatoms. The lowest BCUT2D eigenvalue weighted by Crippen LogP contribution is -2.46. The highest BCUT2D eigenvalue weighted by Gasteiger charge is 2.36. The zero-order chi connectivity index (χ0) is 26.0. The van der Waals surface area contributed by atoms with E-state index in [0.717, 1.165) is 27.8 Å². The van der Waals surface area contributed by atoms with Crippen LogP contribution in [0.4, 0.5) is 0 Å².